The van der Waals surface area contributed by atoms with Gasteiger partial charge in [-0.3, -0.25) is 4.79 Å². The molecule has 2 fully saturated rings. The minimum absolute atomic E-state index is 0.00854. The molecule has 3 rings (SSSR count). The van der Waals surface area contributed by atoms with E-state index in [2.05, 4.69) is 5.32 Å². The maximum atomic E-state index is 13.0. The van der Waals surface area contributed by atoms with Gasteiger partial charge >= 0.3 is 6.03 Å². The molecule has 1 aromatic rings. The molecule has 2 saturated heterocycles. The van der Waals surface area contributed by atoms with Crippen LogP contribution in [-0.2, 0) is 14.6 Å². The van der Waals surface area contributed by atoms with Crippen molar-refractivity contribution in [3.05, 3.63) is 35.9 Å². The van der Waals surface area contributed by atoms with Gasteiger partial charge in [0.2, 0.25) is 5.91 Å². The van der Waals surface area contributed by atoms with Gasteiger partial charge < -0.3 is 20.0 Å². The Kier molecular flexibility index (Phi) is 7.02. The van der Waals surface area contributed by atoms with Crippen molar-refractivity contribution in [1.29, 1.82) is 0 Å². The van der Waals surface area contributed by atoms with Crippen LogP contribution in [0.4, 0.5) is 4.79 Å². The minimum Gasteiger partial charge on any atom is -0.334 e. The van der Waals surface area contributed by atoms with E-state index in [9.17, 15) is 18.0 Å². The summed E-state index contributed by atoms with van der Waals surface area (Å²) in [5.74, 6) is 0.141. The Morgan fingerprint density at radius 2 is 1.93 bits per heavy atom. The van der Waals surface area contributed by atoms with Gasteiger partial charge in [-0.25, -0.2) is 13.2 Å². The molecule has 1 N–H and O–H groups in total. The number of carbonyl (C=O) groups is 2. The van der Waals surface area contributed by atoms with E-state index >= 15 is 0 Å². The molecule has 0 aliphatic carbocycles. The van der Waals surface area contributed by atoms with Crippen LogP contribution in [0.1, 0.15) is 31.4 Å². The highest BCUT2D eigenvalue weighted by Crippen LogP contribution is 2.26. The van der Waals surface area contributed by atoms with Crippen molar-refractivity contribution < 1.29 is 18.0 Å². The molecule has 2 aliphatic heterocycles. The number of benzene rings is 1. The summed E-state index contributed by atoms with van der Waals surface area (Å²) >= 11 is 0. The van der Waals surface area contributed by atoms with Gasteiger partial charge in [-0.15, -0.1) is 0 Å². The minimum atomic E-state index is -3.10. The molecule has 3 atom stereocenters. The van der Waals surface area contributed by atoms with Gasteiger partial charge in [0.25, 0.3) is 0 Å². The van der Waals surface area contributed by atoms with Gasteiger partial charge in [0.05, 0.1) is 23.6 Å². The summed E-state index contributed by atoms with van der Waals surface area (Å²) in [6.45, 7) is 3.53. The maximum absolute atomic E-state index is 13.0. The number of carbonyl (C=O) groups excluding carboxylic acids is 2. The zero-order valence-electron chi connectivity index (χ0n) is 18.0. The first-order valence-electron chi connectivity index (χ1n) is 10.4. The van der Waals surface area contributed by atoms with Crippen molar-refractivity contribution in [3.8, 4) is 0 Å². The summed E-state index contributed by atoms with van der Waals surface area (Å²) < 4.78 is 23.9. The lowest BCUT2D eigenvalue weighted by atomic mass is 10.1. The van der Waals surface area contributed by atoms with Crippen LogP contribution >= 0.6 is 0 Å². The number of sulfone groups is 1. The van der Waals surface area contributed by atoms with Crippen LogP contribution in [0.5, 0.6) is 0 Å². The summed E-state index contributed by atoms with van der Waals surface area (Å²) in [5.41, 5.74) is 1.06. The molecule has 0 saturated carbocycles. The fourth-order valence-electron chi connectivity index (χ4n) is 4.15. The Hall–Kier alpha value is -2.13. The van der Waals surface area contributed by atoms with E-state index in [0.717, 1.165) is 5.56 Å². The van der Waals surface area contributed by atoms with Crippen molar-refractivity contribution in [2.45, 2.75) is 37.9 Å². The highest BCUT2D eigenvalue weighted by Gasteiger charge is 2.38. The molecular formula is C21H32N4O4S. The fraction of sp³-hybridized carbons (Fsp3) is 0.619. The van der Waals surface area contributed by atoms with Crippen LogP contribution in [0.25, 0.3) is 0 Å². The number of nitrogens with one attached hydrogen (secondary N) is 1. The number of rotatable bonds is 7. The fourth-order valence-corrected chi connectivity index (χ4v) is 5.88. The third-order valence-electron chi connectivity index (χ3n) is 5.93. The Labute approximate surface area is 179 Å². The van der Waals surface area contributed by atoms with Crippen molar-refractivity contribution >= 4 is 21.8 Å². The monoisotopic (exact) mass is 436 g/mol. The topological polar surface area (TPSA) is 90.0 Å². The molecule has 8 nitrogen and oxygen atoms in total. The first-order chi connectivity index (χ1) is 14.2. The summed E-state index contributed by atoms with van der Waals surface area (Å²) in [7, 11) is 0.736. The second-order valence-corrected chi connectivity index (χ2v) is 10.8. The van der Waals surface area contributed by atoms with Crippen LogP contribution in [0.15, 0.2) is 30.3 Å². The second-order valence-electron chi connectivity index (χ2n) is 8.54. The van der Waals surface area contributed by atoms with E-state index in [0.29, 0.717) is 26.1 Å². The number of urea groups is 1. The molecular weight excluding hydrogens is 404 g/mol. The molecule has 2 heterocycles. The van der Waals surface area contributed by atoms with Crippen LogP contribution in [0, 0.1) is 0 Å². The van der Waals surface area contributed by atoms with E-state index in [1.165, 1.54) is 0 Å². The third-order valence-corrected chi connectivity index (χ3v) is 7.68. The molecule has 0 spiro atoms. The third kappa shape index (κ3) is 5.51. The van der Waals surface area contributed by atoms with E-state index in [-0.39, 0.29) is 48.0 Å². The van der Waals surface area contributed by atoms with Gasteiger partial charge in [-0.05, 0) is 33.0 Å². The van der Waals surface area contributed by atoms with Crippen molar-refractivity contribution in [2.75, 3.05) is 45.2 Å². The molecule has 166 valence electrons. The van der Waals surface area contributed by atoms with Gasteiger partial charge in [0.15, 0.2) is 9.84 Å². The summed E-state index contributed by atoms with van der Waals surface area (Å²) in [4.78, 5) is 31.0. The SMILES string of the molecule is CC(c1ccccc1)N1CC(NC(=O)N(CCN(C)C)C2CCS(=O)(=O)C2)CC1=O. The predicted octanol–water partition coefficient (Wildman–Crippen LogP) is 1.11. The average Bonchev–Trinajstić information content (AvgIpc) is 3.23. The zero-order chi connectivity index (χ0) is 21.9. The quantitative estimate of drug-likeness (QED) is 0.692. The lowest BCUT2D eigenvalue weighted by Crippen LogP contribution is -2.52. The molecule has 1 aromatic carbocycles. The number of likely N-dealkylation sites (tertiary alicyclic amines) is 1. The Balaban J connectivity index is 1.64. The zero-order valence-corrected chi connectivity index (χ0v) is 18.8. The van der Waals surface area contributed by atoms with Crippen LogP contribution < -0.4 is 5.32 Å². The molecule has 3 amide bonds. The number of amides is 3. The largest absolute Gasteiger partial charge is 0.334 e. The molecule has 0 radical (unpaired) electrons. The van der Waals surface area contributed by atoms with Gasteiger partial charge in [0, 0.05) is 32.1 Å². The van der Waals surface area contributed by atoms with Crippen molar-refractivity contribution in [3.63, 3.8) is 0 Å². The van der Waals surface area contributed by atoms with Crippen LogP contribution in [0.2, 0.25) is 0 Å². The van der Waals surface area contributed by atoms with Crippen LogP contribution in [-0.4, -0.2) is 92.4 Å². The van der Waals surface area contributed by atoms with Gasteiger partial charge in [-0.1, -0.05) is 30.3 Å². The Bertz CT molecular complexity index is 859. The molecule has 30 heavy (non-hydrogen) atoms. The van der Waals surface area contributed by atoms with E-state index < -0.39 is 9.84 Å². The lowest BCUT2D eigenvalue weighted by molar-refractivity contribution is -0.129. The summed E-state index contributed by atoms with van der Waals surface area (Å²) in [6, 6.07) is 8.88. The standard InChI is InChI=1S/C21H32N4O4S/c1-16(17-7-5-4-6-8-17)25-14-18(13-20(25)26)22-21(27)24(11-10-23(2)3)19-9-12-30(28,29)15-19/h4-8,16,18-19H,9-15H2,1-3H3,(H,22,27). The van der Waals surface area contributed by atoms with Crippen LogP contribution in [0.3, 0.4) is 0 Å². The summed E-state index contributed by atoms with van der Waals surface area (Å²) in [6.07, 6.45) is 0.720. The molecule has 0 bridgehead atoms. The lowest BCUT2D eigenvalue weighted by Gasteiger charge is -2.31. The molecule has 2 aliphatic rings. The molecule has 0 aromatic heterocycles. The number of hydrogen-bond acceptors (Lipinski definition) is 5. The highest BCUT2D eigenvalue weighted by atomic mass is 32.2. The first kappa shape index (κ1) is 22.6. The summed E-state index contributed by atoms with van der Waals surface area (Å²) in [5, 5.41) is 2.98. The van der Waals surface area contributed by atoms with E-state index in [4.69, 9.17) is 0 Å². The van der Waals surface area contributed by atoms with E-state index in [1.807, 2.05) is 56.3 Å². The predicted molar refractivity (Wildman–Crippen MR) is 116 cm³/mol. The van der Waals surface area contributed by atoms with Gasteiger partial charge in [0.1, 0.15) is 0 Å². The smallest absolute Gasteiger partial charge is 0.318 e. The van der Waals surface area contributed by atoms with Crippen molar-refractivity contribution in [2.24, 2.45) is 0 Å². The number of nitrogens with zero attached hydrogens (tertiary/aromatic N) is 3. The Morgan fingerprint density at radius 1 is 1.23 bits per heavy atom. The first-order valence-corrected chi connectivity index (χ1v) is 12.2. The highest BCUT2D eigenvalue weighted by molar-refractivity contribution is 7.91. The van der Waals surface area contributed by atoms with Gasteiger partial charge in [-0.2, -0.15) is 0 Å². The molecule has 9 heteroatoms. The number of hydrogen-bond donors (Lipinski definition) is 1. The number of likely N-dealkylation sites (N-methyl/N-ethyl adjacent to an activating group) is 1. The maximum Gasteiger partial charge on any atom is 0.318 e. The van der Waals surface area contributed by atoms with E-state index in [1.54, 1.807) is 9.80 Å². The normalized spacial score (nSPS) is 24.3. The second kappa shape index (κ2) is 9.34. The molecule has 3 unspecified atom stereocenters. The van der Waals surface area contributed by atoms with Crippen molar-refractivity contribution in [1.82, 2.24) is 20.0 Å². The Morgan fingerprint density at radius 3 is 2.53 bits per heavy atom. The average molecular weight is 437 g/mol.